The fraction of sp³-hybridized carbons (Fsp3) is 0.217. The predicted octanol–water partition coefficient (Wildman–Crippen LogP) is 4.34. The predicted molar refractivity (Wildman–Crippen MR) is 123 cm³/mol. The van der Waals surface area contributed by atoms with Gasteiger partial charge in [0.15, 0.2) is 0 Å². The van der Waals surface area contributed by atoms with E-state index in [1.165, 1.54) is 12.0 Å². The first kappa shape index (κ1) is 19.8. The van der Waals surface area contributed by atoms with Gasteiger partial charge in [0, 0.05) is 39.2 Å². The molecular formula is C23H22IN3O2. The minimum absolute atomic E-state index is 0.358. The standard InChI is InChI=1S/C23H22IN3O2/c1-2-11-27-12-3-4-21(27)15-5-8-17(9-6-15)25-14-20-19-13-16(24)7-10-18(19)22(28)26-23(20)29/h2,5-10,13-14,21,25H,1,3-4,11-12H2,(H,26,28,29)/b20-14-. The van der Waals surface area contributed by atoms with E-state index in [9.17, 15) is 9.59 Å². The Bertz CT molecular complexity index is 998. The lowest BCUT2D eigenvalue weighted by molar-refractivity contribution is -0.114. The van der Waals surface area contributed by atoms with E-state index in [-0.39, 0.29) is 11.8 Å². The zero-order valence-electron chi connectivity index (χ0n) is 16.0. The van der Waals surface area contributed by atoms with Crippen LogP contribution in [-0.2, 0) is 4.79 Å². The highest BCUT2D eigenvalue weighted by molar-refractivity contribution is 14.1. The van der Waals surface area contributed by atoms with E-state index in [1.807, 2.05) is 30.3 Å². The minimum Gasteiger partial charge on any atom is -0.361 e. The SMILES string of the molecule is C=CCN1CCCC1c1ccc(N/C=C2\C(=O)NC(=O)c3ccc(I)cc32)cc1. The molecule has 1 fully saturated rings. The summed E-state index contributed by atoms with van der Waals surface area (Å²) in [4.78, 5) is 26.9. The first-order valence-corrected chi connectivity index (χ1v) is 10.7. The average molecular weight is 499 g/mol. The molecule has 5 nitrogen and oxygen atoms in total. The molecule has 2 aromatic rings. The van der Waals surface area contributed by atoms with Crippen LogP contribution in [0, 0.1) is 3.57 Å². The first-order valence-electron chi connectivity index (χ1n) is 9.64. The zero-order valence-corrected chi connectivity index (χ0v) is 18.1. The van der Waals surface area contributed by atoms with Crippen LogP contribution in [0.1, 0.15) is 40.4 Å². The molecule has 2 aliphatic rings. The number of benzene rings is 2. The van der Waals surface area contributed by atoms with Crippen molar-refractivity contribution >= 4 is 45.7 Å². The van der Waals surface area contributed by atoms with E-state index in [1.54, 1.807) is 12.3 Å². The molecule has 0 aliphatic carbocycles. The van der Waals surface area contributed by atoms with Gasteiger partial charge in [-0.25, -0.2) is 0 Å². The fourth-order valence-electron chi connectivity index (χ4n) is 3.99. The van der Waals surface area contributed by atoms with Crippen molar-refractivity contribution in [2.45, 2.75) is 18.9 Å². The van der Waals surface area contributed by atoms with Gasteiger partial charge in [-0.1, -0.05) is 18.2 Å². The fourth-order valence-corrected chi connectivity index (χ4v) is 4.48. The van der Waals surface area contributed by atoms with Gasteiger partial charge < -0.3 is 5.32 Å². The van der Waals surface area contributed by atoms with Crippen LogP contribution in [0.5, 0.6) is 0 Å². The Morgan fingerprint density at radius 3 is 2.69 bits per heavy atom. The van der Waals surface area contributed by atoms with Gasteiger partial charge in [0.2, 0.25) is 0 Å². The highest BCUT2D eigenvalue weighted by Crippen LogP contribution is 2.32. The van der Waals surface area contributed by atoms with Crippen LogP contribution in [0.15, 0.2) is 61.3 Å². The van der Waals surface area contributed by atoms with Crippen molar-refractivity contribution in [2.75, 3.05) is 18.4 Å². The molecule has 2 amide bonds. The highest BCUT2D eigenvalue weighted by atomic mass is 127. The maximum atomic E-state index is 12.4. The van der Waals surface area contributed by atoms with Crippen molar-refractivity contribution in [1.29, 1.82) is 0 Å². The number of likely N-dealkylation sites (tertiary alicyclic amines) is 1. The lowest BCUT2D eigenvalue weighted by Gasteiger charge is -2.23. The van der Waals surface area contributed by atoms with Crippen LogP contribution in [0.4, 0.5) is 5.69 Å². The molecule has 0 saturated carbocycles. The molecule has 148 valence electrons. The summed E-state index contributed by atoms with van der Waals surface area (Å²) in [6.07, 6.45) is 6.00. The van der Waals surface area contributed by atoms with Crippen LogP contribution in [0.2, 0.25) is 0 Å². The second-order valence-electron chi connectivity index (χ2n) is 7.24. The molecule has 1 unspecified atom stereocenters. The Morgan fingerprint density at radius 2 is 1.93 bits per heavy atom. The average Bonchev–Trinajstić information content (AvgIpc) is 3.16. The number of anilines is 1. The third-order valence-corrected chi connectivity index (χ3v) is 6.06. The molecule has 2 aliphatic heterocycles. The Labute approximate surface area is 184 Å². The number of rotatable bonds is 5. The van der Waals surface area contributed by atoms with E-state index in [0.717, 1.165) is 28.8 Å². The van der Waals surface area contributed by atoms with E-state index in [0.29, 0.717) is 22.7 Å². The number of hydrogen-bond acceptors (Lipinski definition) is 4. The first-order chi connectivity index (χ1) is 14.1. The van der Waals surface area contributed by atoms with Crippen LogP contribution in [0.3, 0.4) is 0 Å². The van der Waals surface area contributed by atoms with Gasteiger partial charge in [-0.2, -0.15) is 0 Å². The summed E-state index contributed by atoms with van der Waals surface area (Å²) in [5.41, 5.74) is 3.81. The molecule has 2 aromatic carbocycles. The summed E-state index contributed by atoms with van der Waals surface area (Å²) < 4.78 is 0.972. The molecule has 6 heteroatoms. The molecule has 29 heavy (non-hydrogen) atoms. The monoisotopic (exact) mass is 499 g/mol. The number of amides is 2. The summed E-state index contributed by atoms with van der Waals surface area (Å²) in [5.74, 6) is -0.747. The van der Waals surface area contributed by atoms with Crippen LogP contribution in [-0.4, -0.2) is 29.8 Å². The van der Waals surface area contributed by atoms with E-state index < -0.39 is 0 Å². The maximum absolute atomic E-state index is 12.4. The second kappa shape index (κ2) is 8.51. The molecule has 4 rings (SSSR count). The van der Waals surface area contributed by atoms with Crippen molar-refractivity contribution in [1.82, 2.24) is 10.2 Å². The number of nitrogens with zero attached hydrogens (tertiary/aromatic N) is 1. The van der Waals surface area contributed by atoms with Gasteiger partial charge in [-0.15, -0.1) is 6.58 Å². The number of hydrogen-bond donors (Lipinski definition) is 2. The van der Waals surface area contributed by atoms with E-state index in [2.05, 4.69) is 56.8 Å². The quantitative estimate of drug-likeness (QED) is 0.278. The van der Waals surface area contributed by atoms with Crippen molar-refractivity contribution in [3.63, 3.8) is 0 Å². The normalized spacial score (nSPS) is 20.4. The molecule has 0 radical (unpaired) electrons. The third-order valence-electron chi connectivity index (χ3n) is 5.39. The summed E-state index contributed by atoms with van der Waals surface area (Å²) >= 11 is 2.18. The Balaban J connectivity index is 1.54. The summed E-state index contributed by atoms with van der Waals surface area (Å²) in [6, 6.07) is 14.2. The number of carbonyl (C=O) groups is 2. The molecule has 0 spiro atoms. The molecule has 2 N–H and O–H groups in total. The van der Waals surface area contributed by atoms with Crippen molar-refractivity contribution < 1.29 is 9.59 Å². The Kier molecular flexibility index (Phi) is 5.82. The molecule has 1 saturated heterocycles. The molecule has 0 bridgehead atoms. The molecule has 2 heterocycles. The topological polar surface area (TPSA) is 61.4 Å². The van der Waals surface area contributed by atoms with E-state index >= 15 is 0 Å². The van der Waals surface area contributed by atoms with E-state index in [4.69, 9.17) is 0 Å². The van der Waals surface area contributed by atoms with Gasteiger partial charge >= 0.3 is 0 Å². The van der Waals surface area contributed by atoms with Crippen molar-refractivity contribution in [3.8, 4) is 0 Å². The Morgan fingerprint density at radius 1 is 1.14 bits per heavy atom. The zero-order chi connectivity index (χ0) is 20.4. The maximum Gasteiger partial charge on any atom is 0.260 e. The minimum atomic E-state index is -0.389. The third kappa shape index (κ3) is 4.13. The molecule has 0 aromatic heterocycles. The number of halogens is 1. The number of carbonyl (C=O) groups excluding carboxylic acids is 2. The van der Waals surface area contributed by atoms with Gasteiger partial charge in [-0.05, 0) is 77.9 Å². The smallest absolute Gasteiger partial charge is 0.260 e. The molecular weight excluding hydrogens is 477 g/mol. The lowest BCUT2D eigenvalue weighted by Crippen LogP contribution is -2.36. The summed E-state index contributed by atoms with van der Waals surface area (Å²) in [5, 5.41) is 5.61. The number of nitrogens with one attached hydrogen (secondary N) is 2. The largest absolute Gasteiger partial charge is 0.361 e. The summed E-state index contributed by atoms with van der Waals surface area (Å²) in [7, 11) is 0. The van der Waals surface area contributed by atoms with Crippen LogP contribution >= 0.6 is 22.6 Å². The molecule has 1 atom stereocenters. The van der Waals surface area contributed by atoms with Gasteiger partial charge in [0.05, 0.1) is 5.57 Å². The van der Waals surface area contributed by atoms with Crippen LogP contribution < -0.4 is 10.6 Å². The number of fused-ring (bicyclic) bond motifs is 1. The van der Waals surface area contributed by atoms with Gasteiger partial charge in [0.25, 0.3) is 11.8 Å². The highest BCUT2D eigenvalue weighted by Gasteiger charge is 2.27. The van der Waals surface area contributed by atoms with Crippen molar-refractivity contribution in [2.24, 2.45) is 0 Å². The second-order valence-corrected chi connectivity index (χ2v) is 8.48. The van der Waals surface area contributed by atoms with Crippen LogP contribution in [0.25, 0.3) is 5.57 Å². The number of imide groups is 1. The van der Waals surface area contributed by atoms with Gasteiger partial charge in [-0.3, -0.25) is 19.8 Å². The van der Waals surface area contributed by atoms with Crippen molar-refractivity contribution in [3.05, 3.63) is 81.6 Å². The Hall–Kier alpha value is -2.45. The lowest BCUT2D eigenvalue weighted by atomic mass is 9.95. The van der Waals surface area contributed by atoms with Gasteiger partial charge in [0.1, 0.15) is 0 Å². The summed E-state index contributed by atoms with van der Waals surface area (Å²) in [6.45, 7) is 5.87.